The van der Waals surface area contributed by atoms with Crippen LogP contribution in [0, 0.1) is 0 Å². The number of carbonyl (C=O) groups is 1. The third kappa shape index (κ3) is 3.59. The summed E-state index contributed by atoms with van der Waals surface area (Å²) in [5, 5.41) is 3.33. The van der Waals surface area contributed by atoms with Crippen molar-refractivity contribution in [3.63, 3.8) is 0 Å². The molecular weight excluding hydrogens is 350 g/mol. The molecule has 1 fully saturated rings. The molecule has 0 saturated carbocycles. The van der Waals surface area contributed by atoms with Crippen molar-refractivity contribution in [2.75, 3.05) is 0 Å². The lowest BCUT2D eigenvalue weighted by Crippen LogP contribution is -2.19. The monoisotopic (exact) mass is 359 g/mol. The van der Waals surface area contributed by atoms with E-state index in [2.05, 4.69) is 31.2 Å². The molecule has 6 heteroatoms. The highest BCUT2D eigenvalue weighted by atomic mass is 79.9. The van der Waals surface area contributed by atoms with Crippen LogP contribution >= 0.6 is 27.7 Å². The number of hydrogen-bond donors (Lipinski definition) is 1. The van der Waals surface area contributed by atoms with Crippen molar-refractivity contribution in [3.8, 4) is 0 Å². The van der Waals surface area contributed by atoms with Gasteiger partial charge in [0.05, 0.1) is 16.3 Å². The number of benzene rings is 1. The first-order chi connectivity index (χ1) is 10.2. The Balaban J connectivity index is 1.81. The number of rotatable bonds is 2. The van der Waals surface area contributed by atoms with Gasteiger partial charge in [0.1, 0.15) is 0 Å². The molecule has 1 aliphatic heterocycles. The number of aromatic nitrogens is 1. The Morgan fingerprint density at radius 1 is 1.19 bits per heavy atom. The molecule has 3 rings (SSSR count). The molecule has 0 radical (unpaired) electrons. The van der Waals surface area contributed by atoms with Gasteiger partial charge in [-0.05, 0) is 54.2 Å². The Bertz CT molecular complexity index is 726. The number of nitrogens with zero attached hydrogens (tertiary/aromatic N) is 2. The highest BCUT2D eigenvalue weighted by Crippen LogP contribution is 2.27. The molecule has 0 atom stereocenters. The number of amides is 1. The van der Waals surface area contributed by atoms with Crippen molar-refractivity contribution in [2.24, 2.45) is 4.99 Å². The Kier molecular flexibility index (Phi) is 4.17. The Morgan fingerprint density at radius 2 is 2.00 bits per heavy atom. The maximum atomic E-state index is 11.9. The maximum Gasteiger partial charge on any atom is 0.264 e. The van der Waals surface area contributed by atoms with Crippen molar-refractivity contribution in [2.45, 2.75) is 0 Å². The van der Waals surface area contributed by atoms with Gasteiger partial charge in [0, 0.05) is 10.7 Å². The third-order valence-corrected chi connectivity index (χ3v) is 4.11. The molecule has 0 aliphatic carbocycles. The summed E-state index contributed by atoms with van der Waals surface area (Å²) in [6, 6.07) is 13.1. The molecule has 0 bridgehead atoms. The zero-order chi connectivity index (χ0) is 14.7. The van der Waals surface area contributed by atoms with Gasteiger partial charge in [-0.15, -0.1) is 0 Å². The molecule has 0 spiro atoms. The van der Waals surface area contributed by atoms with Crippen LogP contribution in [0.3, 0.4) is 0 Å². The number of carbonyl (C=O) groups excluding carboxylic acids is 1. The summed E-state index contributed by atoms with van der Waals surface area (Å²) >= 11 is 4.69. The lowest BCUT2D eigenvalue weighted by Gasteiger charge is -1.96. The van der Waals surface area contributed by atoms with E-state index in [9.17, 15) is 4.79 Å². The zero-order valence-electron chi connectivity index (χ0n) is 10.8. The molecule has 0 unspecified atom stereocenters. The quantitative estimate of drug-likeness (QED) is 0.831. The average Bonchev–Trinajstić information content (AvgIpc) is 2.82. The number of pyridine rings is 1. The highest BCUT2D eigenvalue weighted by molar-refractivity contribution is 9.10. The van der Waals surface area contributed by atoms with Crippen molar-refractivity contribution in [3.05, 3.63) is 63.7 Å². The van der Waals surface area contributed by atoms with E-state index in [1.54, 1.807) is 12.3 Å². The summed E-state index contributed by atoms with van der Waals surface area (Å²) in [6.07, 6.45) is 3.45. The summed E-state index contributed by atoms with van der Waals surface area (Å²) in [5.41, 5.74) is 1.54. The molecule has 1 aromatic carbocycles. The van der Waals surface area contributed by atoms with E-state index in [-0.39, 0.29) is 5.91 Å². The number of halogens is 1. The lowest BCUT2D eigenvalue weighted by atomic mass is 10.3. The minimum absolute atomic E-state index is 0.151. The first-order valence-electron chi connectivity index (χ1n) is 6.17. The standard InChI is InChI=1S/C15H10BrN3OS/c16-10-4-6-11(7-5-10)18-15-19-14(20)13(21-15)9-12-3-1-2-8-17-12/h1-9H,(H,18,19,20)/b13-9-. The second kappa shape index (κ2) is 6.24. The molecule has 2 aromatic rings. The van der Waals surface area contributed by atoms with E-state index in [4.69, 9.17) is 0 Å². The summed E-state index contributed by atoms with van der Waals surface area (Å²) in [7, 11) is 0. The Labute approximate surface area is 134 Å². The summed E-state index contributed by atoms with van der Waals surface area (Å²) in [6.45, 7) is 0. The van der Waals surface area contributed by atoms with E-state index in [1.165, 1.54) is 11.8 Å². The second-order valence-electron chi connectivity index (χ2n) is 4.21. The van der Waals surface area contributed by atoms with Gasteiger partial charge < -0.3 is 5.32 Å². The van der Waals surface area contributed by atoms with Gasteiger partial charge in [0.2, 0.25) is 0 Å². The van der Waals surface area contributed by atoms with Crippen molar-refractivity contribution < 1.29 is 4.79 Å². The minimum atomic E-state index is -0.151. The van der Waals surface area contributed by atoms with E-state index in [0.717, 1.165) is 15.9 Å². The summed E-state index contributed by atoms with van der Waals surface area (Å²) in [5.74, 6) is -0.151. The molecule has 1 N–H and O–H groups in total. The fourth-order valence-corrected chi connectivity index (χ4v) is 2.80. The van der Waals surface area contributed by atoms with E-state index < -0.39 is 0 Å². The molecule has 1 aliphatic rings. The van der Waals surface area contributed by atoms with Crippen molar-refractivity contribution >= 4 is 50.5 Å². The highest BCUT2D eigenvalue weighted by Gasteiger charge is 2.23. The molecule has 1 amide bonds. The smallest absolute Gasteiger partial charge is 0.264 e. The number of hydrogen-bond acceptors (Lipinski definition) is 4. The maximum absolute atomic E-state index is 11.9. The lowest BCUT2D eigenvalue weighted by molar-refractivity contribution is -0.115. The summed E-state index contributed by atoms with van der Waals surface area (Å²) < 4.78 is 0.991. The molecule has 4 nitrogen and oxygen atoms in total. The van der Waals surface area contributed by atoms with Crippen LogP contribution in [0.25, 0.3) is 6.08 Å². The summed E-state index contributed by atoms with van der Waals surface area (Å²) in [4.78, 5) is 21.1. The van der Waals surface area contributed by atoms with Crippen LogP contribution in [-0.2, 0) is 4.79 Å². The van der Waals surface area contributed by atoms with Crippen LogP contribution in [0.2, 0.25) is 0 Å². The molecule has 104 valence electrons. The number of amidine groups is 1. The zero-order valence-corrected chi connectivity index (χ0v) is 13.2. The van der Waals surface area contributed by atoms with Gasteiger partial charge in [-0.3, -0.25) is 9.78 Å². The Hall–Kier alpha value is -1.92. The average molecular weight is 360 g/mol. The molecule has 21 heavy (non-hydrogen) atoms. The van der Waals surface area contributed by atoms with Crippen LogP contribution < -0.4 is 5.32 Å². The SMILES string of the molecule is O=C1NC(=Nc2ccc(Br)cc2)S/C1=C\c1ccccn1. The predicted molar refractivity (Wildman–Crippen MR) is 89.2 cm³/mol. The van der Waals surface area contributed by atoms with Gasteiger partial charge >= 0.3 is 0 Å². The van der Waals surface area contributed by atoms with Gasteiger partial charge in [0.25, 0.3) is 5.91 Å². The molecule has 2 heterocycles. The fourth-order valence-electron chi connectivity index (χ4n) is 1.71. The van der Waals surface area contributed by atoms with Crippen molar-refractivity contribution in [1.82, 2.24) is 10.3 Å². The van der Waals surface area contributed by atoms with Gasteiger partial charge in [-0.1, -0.05) is 22.0 Å². The first kappa shape index (κ1) is 14.0. The van der Waals surface area contributed by atoms with E-state index in [1.807, 2.05) is 42.5 Å². The fraction of sp³-hybridized carbons (Fsp3) is 0. The Morgan fingerprint density at radius 3 is 2.71 bits per heavy atom. The van der Waals surface area contributed by atoms with Crippen LogP contribution in [-0.4, -0.2) is 16.1 Å². The normalized spacial score (nSPS) is 18.2. The van der Waals surface area contributed by atoms with Gasteiger partial charge in [0.15, 0.2) is 5.17 Å². The van der Waals surface area contributed by atoms with Gasteiger partial charge in [-0.25, -0.2) is 4.99 Å². The van der Waals surface area contributed by atoms with Crippen LogP contribution in [0.4, 0.5) is 5.69 Å². The number of aliphatic imine (C=N–C) groups is 1. The van der Waals surface area contributed by atoms with Crippen LogP contribution in [0.1, 0.15) is 5.69 Å². The largest absolute Gasteiger partial charge is 0.300 e. The van der Waals surface area contributed by atoms with E-state index in [0.29, 0.717) is 10.1 Å². The van der Waals surface area contributed by atoms with Crippen LogP contribution in [0.5, 0.6) is 0 Å². The number of nitrogens with one attached hydrogen (secondary N) is 1. The van der Waals surface area contributed by atoms with E-state index >= 15 is 0 Å². The second-order valence-corrected chi connectivity index (χ2v) is 6.16. The van der Waals surface area contributed by atoms with Crippen molar-refractivity contribution in [1.29, 1.82) is 0 Å². The molecule has 1 saturated heterocycles. The molecular formula is C15H10BrN3OS. The van der Waals surface area contributed by atoms with Crippen LogP contribution in [0.15, 0.2) is 63.0 Å². The molecule has 1 aromatic heterocycles. The minimum Gasteiger partial charge on any atom is -0.300 e. The third-order valence-electron chi connectivity index (χ3n) is 2.67. The topological polar surface area (TPSA) is 54.4 Å². The van der Waals surface area contributed by atoms with Gasteiger partial charge in [-0.2, -0.15) is 0 Å². The first-order valence-corrected chi connectivity index (χ1v) is 7.78. The predicted octanol–water partition coefficient (Wildman–Crippen LogP) is 3.74. The number of thioether (sulfide) groups is 1.